The zero-order valence-electron chi connectivity index (χ0n) is 13.7. The summed E-state index contributed by atoms with van der Waals surface area (Å²) in [4.78, 5) is 18.9. The number of nitrogens with zero attached hydrogens (tertiary/aromatic N) is 3. The van der Waals surface area contributed by atoms with E-state index in [4.69, 9.17) is 4.74 Å². The molecule has 1 aliphatic rings. The van der Waals surface area contributed by atoms with Gasteiger partial charge in [-0.2, -0.15) is 13.2 Å². The van der Waals surface area contributed by atoms with Crippen LogP contribution in [0.5, 0.6) is 0 Å². The molecule has 5 nitrogen and oxygen atoms in total. The molecule has 1 saturated heterocycles. The maximum absolute atomic E-state index is 13.2. The molecule has 0 atom stereocenters. The Kier molecular flexibility index (Phi) is 4.69. The van der Waals surface area contributed by atoms with Gasteiger partial charge in [-0.25, -0.2) is 9.78 Å². The van der Waals surface area contributed by atoms with Crippen molar-refractivity contribution in [2.24, 2.45) is 0 Å². The molecule has 0 radical (unpaired) electrons. The fourth-order valence-electron chi connectivity index (χ4n) is 2.91. The number of hydrogen-bond acceptors (Lipinski definition) is 4. The molecule has 0 saturated carbocycles. The van der Waals surface area contributed by atoms with Crippen molar-refractivity contribution >= 4 is 22.7 Å². The van der Waals surface area contributed by atoms with Gasteiger partial charge in [0.25, 0.3) is 0 Å². The van der Waals surface area contributed by atoms with E-state index in [1.54, 1.807) is 36.1 Å². The molecule has 0 bridgehead atoms. The number of carbonyl (C=O) groups is 1. The average Bonchev–Trinajstić information content (AvgIpc) is 2.60. The number of pyridine rings is 1. The van der Waals surface area contributed by atoms with Crippen molar-refractivity contribution in [3.63, 3.8) is 0 Å². The Bertz CT molecular complexity index is 771. The fraction of sp³-hybridized carbons (Fsp3) is 0.412. The molecule has 1 amide bonds. The summed E-state index contributed by atoms with van der Waals surface area (Å²) in [6.45, 7) is 3.70. The molecule has 1 aromatic carbocycles. The van der Waals surface area contributed by atoms with Crippen molar-refractivity contribution in [1.82, 2.24) is 9.88 Å². The quantitative estimate of drug-likeness (QED) is 0.829. The van der Waals surface area contributed by atoms with E-state index in [1.165, 1.54) is 0 Å². The highest BCUT2D eigenvalue weighted by molar-refractivity contribution is 5.92. The van der Waals surface area contributed by atoms with E-state index < -0.39 is 18.0 Å². The number of alkyl halides is 3. The van der Waals surface area contributed by atoms with E-state index in [-0.39, 0.29) is 0 Å². The van der Waals surface area contributed by atoms with Crippen molar-refractivity contribution in [3.8, 4) is 0 Å². The number of halogens is 3. The van der Waals surface area contributed by atoms with Crippen molar-refractivity contribution in [1.29, 1.82) is 0 Å². The van der Waals surface area contributed by atoms with Crippen LogP contribution in [-0.4, -0.2) is 48.8 Å². The van der Waals surface area contributed by atoms with E-state index in [1.807, 2.05) is 4.90 Å². The lowest BCUT2D eigenvalue weighted by Gasteiger charge is -2.36. The van der Waals surface area contributed by atoms with Crippen LogP contribution >= 0.6 is 0 Å². The molecule has 134 valence electrons. The molecule has 25 heavy (non-hydrogen) atoms. The molecule has 0 spiro atoms. The number of amides is 1. The summed E-state index contributed by atoms with van der Waals surface area (Å²) in [5.41, 5.74) is -0.115. The summed E-state index contributed by atoms with van der Waals surface area (Å²) in [6, 6.07) is 7.86. The molecule has 1 aliphatic heterocycles. The van der Waals surface area contributed by atoms with E-state index in [0.717, 1.165) is 6.07 Å². The molecule has 1 fully saturated rings. The third-order valence-electron chi connectivity index (χ3n) is 4.13. The van der Waals surface area contributed by atoms with E-state index in [0.29, 0.717) is 49.4 Å². The second kappa shape index (κ2) is 6.78. The number of fused-ring (bicyclic) bond motifs is 1. The predicted molar refractivity (Wildman–Crippen MR) is 87.6 cm³/mol. The third kappa shape index (κ3) is 3.62. The maximum Gasteiger partial charge on any atom is 0.433 e. The number of hydrogen-bond donors (Lipinski definition) is 0. The summed E-state index contributed by atoms with van der Waals surface area (Å²) in [5, 5.41) is 0.667. The zero-order chi connectivity index (χ0) is 18.0. The van der Waals surface area contributed by atoms with Crippen LogP contribution in [0.3, 0.4) is 0 Å². The first-order chi connectivity index (χ1) is 11.9. The first-order valence-corrected chi connectivity index (χ1v) is 8.04. The highest BCUT2D eigenvalue weighted by atomic mass is 19.4. The average molecular weight is 353 g/mol. The summed E-state index contributed by atoms with van der Waals surface area (Å²) in [6.07, 6.45) is -4.90. The van der Waals surface area contributed by atoms with Crippen molar-refractivity contribution in [2.45, 2.75) is 13.1 Å². The monoisotopic (exact) mass is 353 g/mol. The number of ether oxygens (including phenoxy) is 1. The van der Waals surface area contributed by atoms with E-state index in [2.05, 4.69) is 4.98 Å². The molecule has 0 N–H and O–H groups in total. The van der Waals surface area contributed by atoms with Crippen LogP contribution in [-0.2, 0) is 10.9 Å². The molecule has 0 unspecified atom stereocenters. The Morgan fingerprint density at radius 2 is 1.88 bits per heavy atom. The predicted octanol–water partition coefficient (Wildman–Crippen LogP) is 3.53. The highest BCUT2D eigenvalue weighted by Gasteiger charge is 2.34. The first-order valence-electron chi connectivity index (χ1n) is 8.04. The Morgan fingerprint density at radius 1 is 1.20 bits per heavy atom. The van der Waals surface area contributed by atoms with Gasteiger partial charge >= 0.3 is 12.3 Å². The summed E-state index contributed by atoms with van der Waals surface area (Å²) < 4.78 is 44.5. The number of para-hydroxylation sites is 1. The lowest BCUT2D eigenvalue weighted by molar-refractivity contribution is -0.140. The lowest BCUT2D eigenvalue weighted by Crippen LogP contribution is -2.49. The number of carbonyl (C=O) groups excluding carboxylic acids is 1. The molecule has 2 aromatic rings. The van der Waals surface area contributed by atoms with Gasteiger partial charge in [0.1, 0.15) is 5.69 Å². The van der Waals surface area contributed by atoms with Gasteiger partial charge in [-0.1, -0.05) is 18.2 Å². The van der Waals surface area contributed by atoms with Crippen LogP contribution < -0.4 is 4.90 Å². The molecule has 3 rings (SSSR count). The molecule has 8 heteroatoms. The number of piperazine rings is 1. The van der Waals surface area contributed by atoms with Crippen LogP contribution in [0.15, 0.2) is 30.3 Å². The SMILES string of the molecule is CCOC(=O)N1CCN(c2cc(C(F)(F)F)nc3ccccc23)CC1. The smallest absolute Gasteiger partial charge is 0.433 e. The van der Waals surface area contributed by atoms with Crippen molar-refractivity contribution < 1.29 is 22.7 Å². The van der Waals surface area contributed by atoms with Crippen LogP contribution in [0.2, 0.25) is 0 Å². The number of anilines is 1. The van der Waals surface area contributed by atoms with Crippen LogP contribution in [0.4, 0.5) is 23.7 Å². The second-order valence-corrected chi connectivity index (χ2v) is 5.71. The third-order valence-corrected chi connectivity index (χ3v) is 4.13. The largest absolute Gasteiger partial charge is 0.450 e. The zero-order valence-corrected chi connectivity index (χ0v) is 13.7. The van der Waals surface area contributed by atoms with Crippen LogP contribution in [0, 0.1) is 0 Å². The number of aromatic nitrogens is 1. The molecule has 1 aromatic heterocycles. The molecule has 2 heterocycles. The minimum Gasteiger partial charge on any atom is -0.450 e. The Labute approximate surface area is 143 Å². The molecular formula is C17H18F3N3O2. The summed E-state index contributed by atoms with van der Waals surface area (Å²) in [7, 11) is 0. The number of benzene rings is 1. The Balaban J connectivity index is 1.90. The lowest BCUT2D eigenvalue weighted by atomic mass is 10.1. The van der Waals surface area contributed by atoms with Gasteiger partial charge in [0, 0.05) is 37.3 Å². The molecule has 0 aliphatic carbocycles. The van der Waals surface area contributed by atoms with Crippen LogP contribution in [0.25, 0.3) is 10.9 Å². The standard InChI is InChI=1S/C17H18F3N3O2/c1-2-25-16(24)23-9-7-22(8-10-23)14-11-15(17(18,19)20)21-13-6-4-3-5-12(13)14/h3-6,11H,2,7-10H2,1H3. The minimum atomic E-state index is -4.51. The van der Waals surface area contributed by atoms with Crippen molar-refractivity contribution in [3.05, 3.63) is 36.0 Å². The fourth-order valence-corrected chi connectivity index (χ4v) is 2.91. The van der Waals surface area contributed by atoms with Crippen molar-refractivity contribution in [2.75, 3.05) is 37.7 Å². The normalized spacial score (nSPS) is 15.5. The number of rotatable bonds is 2. The molecular weight excluding hydrogens is 335 g/mol. The maximum atomic E-state index is 13.2. The van der Waals surface area contributed by atoms with Gasteiger partial charge in [-0.3, -0.25) is 0 Å². The second-order valence-electron chi connectivity index (χ2n) is 5.71. The van der Waals surface area contributed by atoms with E-state index in [9.17, 15) is 18.0 Å². The highest BCUT2D eigenvalue weighted by Crippen LogP contribution is 2.34. The van der Waals surface area contributed by atoms with Gasteiger partial charge in [0.2, 0.25) is 0 Å². The Morgan fingerprint density at radius 3 is 2.52 bits per heavy atom. The van der Waals surface area contributed by atoms with Gasteiger partial charge in [-0.05, 0) is 19.1 Å². The van der Waals surface area contributed by atoms with Gasteiger partial charge < -0.3 is 14.5 Å². The van der Waals surface area contributed by atoms with E-state index >= 15 is 0 Å². The van der Waals surface area contributed by atoms with Gasteiger partial charge in [0.05, 0.1) is 12.1 Å². The first kappa shape index (κ1) is 17.3. The Hall–Kier alpha value is -2.51. The van der Waals surface area contributed by atoms with Gasteiger partial charge in [-0.15, -0.1) is 0 Å². The van der Waals surface area contributed by atoms with Crippen LogP contribution in [0.1, 0.15) is 12.6 Å². The summed E-state index contributed by atoms with van der Waals surface area (Å²) in [5.74, 6) is 0. The van der Waals surface area contributed by atoms with Gasteiger partial charge in [0.15, 0.2) is 0 Å². The minimum absolute atomic E-state index is 0.295. The topological polar surface area (TPSA) is 45.7 Å². The summed E-state index contributed by atoms with van der Waals surface area (Å²) >= 11 is 0.